The van der Waals surface area contributed by atoms with Crippen molar-refractivity contribution >= 4 is 32.8 Å². The molecule has 0 saturated carbocycles. The van der Waals surface area contributed by atoms with Crippen LogP contribution in [-0.4, -0.2) is 52.2 Å². The quantitative estimate of drug-likeness (QED) is 0.779. The number of carbonyl (C=O) groups is 1. The molecule has 2 aromatic rings. The van der Waals surface area contributed by atoms with Crippen molar-refractivity contribution in [2.45, 2.75) is 45.9 Å². The number of fused-ring (bicyclic) bond motifs is 1. The normalized spacial score (nSPS) is 18.7. The molecule has 7 heteroatoms. The van der Waals surface area contributed by atoms with Crippen LogP contribution in [0, 0.1) is 0 Å². The van der Waals surface area contributed by atoms with Crippen LogP contribution in [0.15, 0.2) is 33.7 Å². The summed E-state index contributed by atoms with van der Waals surface area (Å²) in [4.78, 5) is 31.4. The second kappa shape index (κ2) is 7.64. The van der Waals surface area contributed by atoms with Crippen LogP contribution in [0.4, 0.5) is 4.79 Å². The predicted octanol–water partition coefficient (Wildman–Crippen LogP) is 3.73. The van der Waals surface area contributed by atoms with Gasteiger partial charge in [-0.2, -0.15) is 0 Å². The van der Waals surface area contributed by atoms with Crippen molar-refractivity contribution in [3.8, 4) is 0 Å². The van der Waals surface area contributed by atoms with Gasteiger partial charge in [-0.25, -0.2) is 4.79 Å². The van der Waals surface area contributed by atoms with Gasteiger partial charge >= 0.3 is 6.09 Å². The molecular formula is C20H26BrN3O3. The highest BCUT2D eigenvalue weighted by Crippen LogP contribution is 2.23. The van der Waals surface area contributed by atoms with Gasteiger partial charge in [-0.1, -0.05) is 15.9 Å². The molecule has 0 unspecified atom stereocenters. The van der Waals surface area contributed by atoms with Crippen LogP contribution in [0.2, 0.25) is 0 Å². The van der Waals surface area contributed by atoms with Crippen LogP contribution in [0.25, 0.3) is 10.8 Å². The van der Waals surface area contributed by atoms with Crippen molar-refractivity contribution in [1.82, 2.24) is 14.8 Å². The molecule has 146 valence electrons. The minimum Gasteiger partial charge on any atom is -0.444 e. The number of nitrogens with zero attached hydrogens (tertiary/aromatic N) is 2. The number of aromatic amines is 1. The van der Waals surface area contributed by atoms with Crippen LogP contribution in [0.3, 0.4) is 0 Å². The molecular weight excluding hydrogens is 410 g/mol. The van der Waals surface area contributed by atoms with Crippen molar-refractivity contribution in [3.63, 3.8) is 0 Å². The summed E-state index contributed by atoms with van der Waals surface area (Å²) in [6.45, 7) is 10.5. The summed E-state index contributed by atoms with van der Waals surface area (Å²) in [5, 5.41) is 1.64. The van der Waals surface area contributed by atoms with Gasteiger partial charge in [-0.3, -0.25) is 9.69 Å². The van der Waals surface area contributed by atoms with Gasteiger partial charge in [0, 0.05) is 48.3 Å². The maximum Gasteiger partial charge on any atom is 0.410 e. The topological polar surface area (TPSA) is 65.6 Å². The van der Waals surface area contributed by atoms with Gasteiger partial charge in [0.05, 0.1) is 0 Å². The largest absolute Gasteiger partial charge is 0.444 e. The van der Waals surface area contributed by atoms with E-state index in [0.717, 1.165) is 35.1 Å². The van der Waals surface area contributed by atoms with E-state index in [9.17, 15) is 9.59 Å². The monoisotopic (exact) mass is 435 g/mol. The van der Waals surface area contributed by atoms with E-state index in [0.29, 0.717) is 11.9 Å². The maximum absolute atomic E-state index is 12.4. The summed E-state index contributed by atoms with van der Waals surface area (Å²) in [6.07, 6.45) is 1.54. The third kappa shape index (κ3) is 4.71. The lowest BCUT2D eigenvalue weighted by molar-refractivity contribution is 0.000591. The molecule has 0 spiro atoms. The van der Waals surface area contributed by atoms with E-state index in [1.54, 1.807) is 11.1 Å². The average molecular weight is 436 g/mol. The Bertz CT molecular complexity index is 903. The van der Waals surface area contributed by atoms with Gasteiger partial charge in [-0.15, -0.1) is 0 Å². The number of amides is 1. The molecule has 6 nitrogen and oxygen atoms in total. The number of H-pyrrole nitrogens is 1. The predicted molar refractivity (Wildman–Crippen MR) is 110 cm³/mol. The number of aromatic nitrogens is 1. The van der Waals surface area contributed by atoms with Gasteiger partial charge in [-0.05, 0) is 56.8 Å². The number of rotatable bonds is 2. The molecule has 1 amide bonds. The molecule has 1 aromatic carbocycles. The smallest absolute Gasteiger partial charge is 0.410 e. The zero-order chi connectivity index (χ0) is 19.8. The van der Waals surface area contributed by atoms with E-state index in [1.807, 2.05) is 45.9 Å². The zero-order valence-electron chi connectivity index (χ0n) is 16.2. The summed E-state index contributed by atoms with van der Waals surface area (Å²) in [5.41, 5.74) is 0.504. The highest BCUT2D eigenvalue weighted by Gasteiger charge is 2.30. The summed E-state index contributed by atoms with van der Waals surface area (Å²) >= 11 is 3.49. The van der Waals surface area contributed by atoms with Crippen molar-refractivity contribution in [1.29, 1.82) is 0 Å². The first-order valence-electron chi connectivity index (χ1n) is 9.16. The number of pyridine rings is 1. The third-order valence-corrected chi connectivity index (χ3v) is 5.18. The van der Waals surface area contributed by atoms with Gasteiger partial charge in [0.15, 0.2) is 0 Å². The molecule has 0 aliphatic carbocycles. The van der Waals surface area contributed by atoms with Gasteiger partial charge < -0.3 is 14.6 Å². The summed E-state index contributed by atoms with van der Waals surface area (Å²) in [7, 11) is 0. The molecule has 1 aliphatic rings. The number of ether oxygens (including phenoxy) is 1. The number of piperazine rings is 1. The Morgan fingerprint density at radius 2 is 2.04 bits per heavy atom. The first-order valence-corrected chi connectivity index (χ1v) is 9.95. The average Bonchev–Trinajstić information content (AvgIpc) is 2.56. The number of benzene rings is 1. The molecule has 27 heavy (non-hydrogen) atoms. The number of halogens is 1. The van der Waals surface area contributed by atoms with Crippen molar-refractivity contribution in [2.75, 3.05) is 19.6 Å². The maximum atomic E-state index is 12.4. The Morgan fingerprint density at radius 3 is 2.70 bits per heavy atom. The van der Waals surface area contributed by atoms with E-state index in [2.05, 4.69) is 25.8 Å². The van der Waals surface area contributed by atoms with E-state index in [4.69, 9.17) is 4.74 Å². The lowest BCUT2D eigenvalue weighted by Crippen LogP contribution is -2.54. The van der Waals surface area contributed by atoms with Crippen LogP contribution in [0.1, 0.15) is 33.3 Å². The second-order valence-electron chi connectivity index (χ2n) is 8.09. The van der Waals surface area contributed by atoms with Crippen molar-refractivity contribution in [3.05, 3.63) is 44.8 Å². The number of hydrogen-bond acceptors (Lipinski definition) is 4. The third-order valence-electron chi connectivity index (χ3n) is 4.68. The van der Waals surface area contributed by atoms with Crippen LogP contribution in [-0.2, 0) is 11.3 Å². The SMILES string of the molecule is C[C@H]1CN(Cc2c[nH]c(=O)c3ccc(Br)cc23)CCN1C(=O)OC(C)(C)C. The second-order valence-corrected chi connectivity index (χ2v) is 9.01. The van der Waals surface area contributed by atoms with Gasteiger partial charge in [0.1, 0.15) is 5.60 Å². The molecule has 1 N–H and O–H groups in total. The molecule has 1 atom stereocenters. The Balaban J connectivity index is 1.73. The van der Waals surface area contributed by atoms with E-state index in [-0.39, 0.29) is 17.7 Å². The summed E-state index contributed by atoms with van der Waals surface area (Å²) in [5.74, 6) is 0. The zero-order valence-corrected chi connectivity index (χ0v) is 17.8. The molecule has 0 radical (unpaired) electrons. The molecule has 0 bridgehead atoms. The Labute approximate surface area is 167 Å². The molecule has 3 rings (SSSR count). The lowest BCUT2D eigenvalue weighted by atomic mass is 10.1. The highest BCUT2D eigenvalue weighted by atomic mass is 79.9. The van der Waals surface area contributed by atoms with Crippen molar-refractivity contribution in [2.24, 2.45) is 0 Å². The fraction of sp³-hybridized carbons (Fsp3) is 0.500. The van der Waals surface area contributed by atoms with E-state index >= 15 is 0 Å². The van der Waals surface area contributed by atoms with Crippen LogP contribution >= 0.6 is 15.9 Å². The fourth-order valence-electron chi connectivity index (χ4n) is 3.43. The standard InChI is InChI=1S/C20H26BrN3O3/c1-13-11-23(7-8-24(13)19(26)27-20(2,3)4)12-14-10-22-18(25)16-6-5-15(21)9-17(14)16/h5-6,9-10,13H,7-8,11-12H2,1-4H3,(H,22,25)/t13-/m0/s1. The Morgan fingerprint density at radius 1 is 1.30 bits per heavy atom. The number of nitrogens with one attached hydrogen (secondary N) is 1. The Hall–Kier alpha value is -1.86. The molecule has 1 saturated heterocycles. The van der Waals surface area contributed by atoms with Crippen LogP contribution < -0.4 is 5.56 Å². The molecule has 2 heterocycles. The van der Waals surface area contributed by atoms with E-state index < -0.39 is 5.60 Å². The Kier molecular flexibility index (Phi) is 5.63. The minimum atomic E-state index is -0.490. The van der Waals surface area contributed by atoms with E-state index in [1.165, 1.54) is 0 Å². The van der Waals surface area contributed by atoms with Crippen molar-refractivity contribution < 1.29 is 9.53 Å². The highest BCUT2D eigenvalue weighted by molar-refractivity contribution is 9.10. The summed E-state index contributed by atoms with van der Waals surface area (Å²) in [6, 6.07) is 5.77. The van der Waals surface area contributed by atoms with Gasteiger partial charge in [0.2, 0.25) is 0 Å². The number of hydrogen-bond donors (Lipinski definition) is 1. The van der Waals surface area contributed by atoms with Crippen LogP contribution in [0.5, 0.6) is 0 Å². The number of carbonyl (C=O) groups excluding carboxylic acids is 1. The first-order chi connectivity index (χ1) is 12.6. The molecule has 1 fully saturated rings. The molecule has 1 aliphatic heterocycles. The molecule has 1 aromatic heterocycles. The fourth-order valence-corrected chi connectivity index (χ4v) is 3.79. The summed E-state index contributed by atoms with van der Waals surface area (Å²) < 4.78 is 6.46. The van der Waals surface area contributed by atoms with Gasteiger partial charge in [0.25, 0.3) is 5.56 Å². The first kappa shape index (κ1) is 19.9. The lowest BCUT2D eigenvalue weighted by Gasteiger charge is -2.40. The minimum absolute atomic E-state index is 0.0642.